The summed E-state index contributed by atoms with van der Waals surface area (Å²) in [5, 5.41) is 3.61. The Morgan fingerprint density at radius 3 is 2.09 bits per heavy atom. The van der Waals surface area contributed by atoms with E-state index in [1.54, 1.807) is 23.1 Å². The van der Waals surface area contributed by atoms with Gasteiger partial charge < -0.3 is 11.1 Å². The molecule has 0 saturated carbocycles. The number of carbonyl (C=O) groups is 1. The Bertz CT molecular complexity index is 1050. The maximum absolute atomic E-state index is 13.6. The summed E-state index contributed by atoms with van der Waals surface area (Å²) in [6.07, 6.45) is 2.23. The number of anilines is 3. The lowest BCUT2D eigenvalue weighted by molar-refractivity contribution is 0.256. The highest BCUT2D eigenvalue weighted by molar-refractivity contribution is 6.32. The van der Waals surface area contributed by atoms with Gasteiger partial charge in [0.05, 0.1) is 12.2 Å². The number of hydrogen-bond donors (Lipinski definition) is 2. The van der Waals surface area contributed by atoms with Crippen LogP contribution in [-0.2, 0) is 25.8 Å². The molecule has 3 N–H and O–H groups in total. The van der Waals surface area contributed by atoms with E-state index in [2.05, 4.69) is 12.2 Å². The Balaban J connectivity index is 2.01. The minimum atomic E-state index is -0.313. The fourth-order valence-electron chi connectivity index (χ4n) is 3.77. The van der Waals surface area contributed by atoms with Crippen LogP contribution >= 0.6 is 11.6 Å². The Labute approximate surface area is 194 Å². The minimum absolute atomic E-state index is 0.288. The van der Waals surface area contributed by atoms with Gasteiger partial charge in [-0.1, -0.05) is 56.6 Å². The monoisotopic (exact) mass is 453 g/mol. The van der Waals surface area contributed by atoms with Crippen LogP contribution in [0.5, 0.6) is 0 Å². The molecule has 0 aliphatic rings. The van der Waals surface area contributed by atoms with Crippen molar-refractivity contribution < 1.29 is 9.18 Å². The predicted octanol–water partition coefficient (Wildman–Crippen LogP) is 6.99. The lowest BCUT2D eigenvalue weighted by Crippen LogP contribution is -2.35. The number of urea groups is 1. The second-order valence-electron chi connectivity index (χ2n) is 7.65. The van der Waals surface area contributed by atoms with E-state index < -0.39 is 0 Å². The number of halogens is 2. The SMILES string of the molecule is CCc1ccc(N(Cc2ccc(F)cc2)C(=O)Nc2c(CC)c(N)cc(Cl)c2CC)cc1. The molecule has 0 aromatic heterocycles. The molecule has 6 heteroatoms. The summed E-state index contributed by atoms with van der Waals surface area (Å²) < 4.78 is 13.4. The first-order valence-electron chi connectivity index (χ1n) is 10.9. The van der Waals surface area contributed by atoms with Crippen LogP contribution < -0.4 is 16.0 Å². The van der Waals surface area contributed by atoms with Gasteiger partial charge in [0.15, 0.2) is 0 Å². The molecule has 32 heavy (non-hydrogen) atoms. The molecule has 4 nitrogen and oxygen atoms in total. The van der Waals surface area contributed by atoms with Gasteiger partial charge in [-0.2, -0.15) is 0 Å². The molecule has 168 valence electrons. The molecule has 3 aromatic carbocycles. The lowest BCUT2D eigenvalue weighted by atomic mass is 10.0. The van der Waals surface area contributed by atoms with Crippen LogP contribution in [0.15, 0.2) is 54.6 Å². The smallest absolute Gasteiger partial charge is 0.326 e. The number of rotatable bonds is 7. The van der Waals surface area contributed by atoms with Crippen molar-refractivity contribution in [1.29, 1.82) is 0 Å². The van der Waals surface area contributed by atoms with E-state index in [-0.39, 0.29) is 18.4 Å². The van der Waals surface area contributed by atoms with E-state index in [1.165, 1.54) is 17.7 Å². The van der Waals surface area contributed by atoms with E-state index >= 15 is 0 Å². The van der Waals surface area contributed by atoms with Gasteiger partial charge in [-0.15, -0.1) is 0 Å². The molecule has 0 radical (unpaired) electrons. The number of nitrogens with two attached hydrogens (primary N) is 1. The van der Waals surface area contributed by atoms with Gasteiger partial charge in [0.25, 0.3) is 0 Å². The van der Waals surface area contributed by atoms with Crippen molar-refractivity contribution in [2.24, 2.45) is 0 Å². The Morgan fingerprint density at radius 2 is 1.53 bits per heavy atom. The second-order valence-corrected chi connectivity index (χ2v) is 8.06. The third kappa shape index (κ3) is 5.22. The first-order valence-corrected chi connectivity index (χ1v) is 11.3. The number of nitrogens with one attached hydrogen (secondary N) is 1. The highest BCUT2D eigenvalue weighted by atomic mass is 35.5. The van der Waals surface area contributed by atoms with Crippen LogP contribution in [0.4, 0.5) is 26.2 Å². The topological polar surface area (TPSA) is 58.4 Å². The fraction of sp³-hybridized carbons (Fsp3) is 0.269. The minimum Gasteiger partial charge on any atom is -0.398 e. The zero-order valence-corrected chi connectivity index (χ0v) is 19.5. The van der Waals surface area contributed by atoms with E-state index in [0.29, 0.717) is 29.2 Å². The Morgan fingerprint density at radius 1 is 0.938 bits per heavy atom. The number of aryl methyl sites for hydroxylation is 1. The van der Waals surface area contributed by atoms with Gasteiger partial charge in [0.1, 0.15) is 5.82 Å². The van der Waals surface area contributed by atoms with Crippen LogP contribution in [0.3, 0.4) is 0 Å². The predicted molar refractivity (Wildman–Crippen MR) is 132 cm³/mol. The van der Waals surface area contributed by atoms with Crippen molar-refractivity contribution in [2.75, 3.05) is 16.0 Å². The molecule has 0 unspecified atom stereocenters. The summed E-state index contributed by atoms with van der Waals surface area (Å²) in [5.41, 5.74) is 11.9. The molecule has 0 heterocycles. The summed E-state index contributed by atoms with van der Waals surface area (Å²) >= 11 is 6.44. The number of nitrogens with zero attached hydrogens (tertiary/aromatic N) is 1. The van der Waals surface area contributed by atoms with E-state index in [9.17, 15) is 9.18 Å². The molecule has 3 rings (SSSR count). The van der Waals surface area contributed by atoms with Crippen LogP contribution in [-0.4, -0.2) is 6.03 Å². The fourth-order valence-corrected chi connectivity index (χ4v) is 4.12. The number of carbonyl (C=O) groups excluding carboxylic acids is 1. The molecule has 2 amide bonds. The summed E-state index contributed by atoms with van der Waals surface area (Å²) in [5.74, 6) is -0.313. The average molecular weight is 454 g/mol. The highest BCUT2D eigenvalue weighted by Crippen LogP contribution is 2.34. The Hall–Kier alpha value is -3.05. The molecule has 0 fully saturated rings. The van der Waals surface area contributed by atoms with E-state index in [0.717, 1.165) is 28.8 Å². The molecular weight excluding hydrogens is 425 g/mol. The zero-order chi connectivity index (χ0) is 23.3. The maximum atomic E-state index is 13.6. The molecule has 0 saturated heterocycles. The standard InChI is InChI=1S/C26H29ClFN3O/c1-4-17-9-13-20(14-10-17)31(16-18-7-11-19(28)12-8-18)26(32)30-25-21(5-2)23(27)15-24(29)22(25)6-3/h7-15H,4-6,16,29H2,1-3H3,(H,30,32). The van der Waals surface area contributed by atoms with Gasteiger partial charge >= 0.3 is 6.03 Å². The first kappa shape index (κ1) is 23.6. The average Bonchev–Trinajstić information content (AvgIpc) is 2.79. The molecule has 0 bridgehead atoms. The Kier molecular flexibility index (Phi) is 7.75. The highest BCUT2D eigenvalue weighted by Gasteiger charge is 2.21. The van der Waals surface area contributed by atoms with Crippen molar-refractivity contribution >= 4 is 34.7 Å². The van der Waals surface area contributed by atoms with Crippen molar-refractivity contribution in [2.45, 2.75) is 46.6 Å². The van der Waals surface area contributed by atoms with Crippen LogP contribution in [0.25, 0.3) is 0 Å². The number of amides is 2. The molecule has 0 aliphatic carbocycles. The molecular formula is C26H29ClFN3O. The lowest BCUT2D eigenvalue weighted by Gasteiger charge is -2.26. The van der Waals surface area contributed by atoms with Crippen molar-refractivity contribution in [3.8, 4) is 0 Å². The molecule has 0 spiro atoms. The molecule has 0 atom stereocenters. The summed E-state index contributed by atoms with van der Waals surface area (Å²) in [6, 6.07) is 15.5. The van der Waals surface area contributed by atoms with Gasteiger partial charge in [0, 0.05) is 16.4 Å². The summed E-state index contributed by atoms with van der Waals surface area (Å²) in [6.45, 7) is 6.36. The van der Waals surface area contributed by atoms with Crippen molar-refractivity contribution in [1.82, 2.24) is 0 Å². The molecule has 0 aliphatic heterocycles. The van der Waals surface area contributed by atoms with Crippen LogP contribution in [0.2, 0.25) is 5.02 Å². The van der Waals surface area contributed by atoms with Crippen molar-refractivity contribution in [3.05, 3.63) is 87.7 Å². The van der Waals surface area contributed by atoms with Crippen LogP contribution in [0.1, 0.15) is 43.0 Å². The number of benzene rings is 3. The largest absolute Gasteiger partial charge is 0.398 e. The van der Waals surface area contributed by atoms with E-state index in [4.69, 9.17) is 17.3 Å². The third-order valence-electron chi connectivity index (χ3n) is 5.62. The second kappa shape index (κ2) is 10.5. The van der Waals surface area contributed by atoms with Gasteiger partial charge in [0.2, 0.25) is 0 Å². The zero-order valence-electron chi connectivity index (χ0n) is 18.7. The summed E-state index contributed by atoms with van der Waals surface area (Å²) in [4.78, 5) is 15.2. The molecule has 3 aromatic rings. The van der Waals surface area contributed by atoms with Gasteiger partial charge in [-0.05, 0) is 71.8 Å². The number of hydrogen-bond acceptors (Lipinski definition) is 2. The van der Waals surface area contributed by atoms with Crippen molar-refractivity contribution in [3.63, 3.8) is 0 Å². The summed E-state index contributed by atoms with van der Waals surface area (Å²) in [7, 11) is 0. The maximum Gasteiger partial charge on any atom is 0.326 e. The quantitative estimate of drug-likeness (QED) is 0.379. The third-order valence-corrected chi connectivity index (χ3v) is 5.95. The van der Waals surface area contributed by atoms with Crippen LogP contribution in [0, 0.1) is 5.82 Å². The van der Waals surface area contributed by atoms with Gasteiger partial charge in [-0.25, -0.2) is 9.18 Å². The first-order chi connectivity index (χ1) is 15.4. The van der Waals surface area contributed by atoms with E-state index in [1.807, 2.05) is 38.1 Å². The normalized spacial score (nSPS) is 10.8. The van der Waals surface area contributed by atoms with Gasteiger partial charge in [-0.3, -0.25) is 4.90 Å². The number of nitrogen functional groups attached to an aromatic ring is 1.